The number of piperazine rings is 1. The third-order valence-electron chi connectivity index (χ3n) is 5.22. The van der Waals surface area contributed by atoms with Crippen LogP contribution in [0.5, 0.6) is 0 Å². The highest BCUT2D eigenvalue weighted by atomic mass is 35.5. The van der Waals surface area contributed by atoms with Gasteiger partial charge < -0.3 is 4.90 Å². The Morgan fingerprint density at radius 2 is 1.81 bits per heavy atom. The maximum atomic E-state index is 12.8. The SMILES string of the molecule is O=C([C@@H]1C[C@H]1c1cccnc1)N1CCN(S(=O)(=O)c2ccccc2Cl)CC1. The minimum absolute atomic E-state index is 0.0130. The third-order valence-corrected chi connectivity index (χ3v) is 7.62. The minimum Gasteiger partial charge on any atom is -0.340 e. The van der Waals surface area contributed by atoms with Crippen molar-refractivity contribution in [1.29, 1.82) is 0 Å². The van der Waals surface area contributed by atoms with Crippen LogP contribution in [0, 0.1) is 5.92 Å². The van der Waals surface area contributed by atoms with Crippen LogP contribution in [0.2, 0.25) is 5.02 Å². The molecule has 142 valence electrons. The van der Waals surface area contributed by atoms with E-state index < -0.39 is 10.0 Å². The van der Waals surface area contributed by atoms with Crippen LogP contribution >= 0.6 is 11.6 Å². The van der Waals surface area contributed by atoms with Crippen molar-refractivity contribution >= 4 is 27.5 Å². The number of halogens is 1. The number of rotatable bonds is 4. The molecule has 2 aromatic rings. The lowest BCUT2D eigenvalue weighted by Gasteiger charge is -2.34. The Morgan fingerprint density at radius 1 is 1.07 bits per heavy atom. The van der Waals surface area contributed by atoms with E-state index in [1.807, 2.05) is 18.3 Å². The van der Waals surface area contributed by atoms with Crippen LogP contribution in [0.3, 0.4) is 0 Å². The van der Waals surface area contributed by atoms with Gasteiger partial charge in [0.25, 0.3) is 0 Å². The predicted molar refractivity (Wildman–Crippen MR) is 102 cm³/mol. The molecule has 0 radical (unpaired) electrons. The van der Waals surface area contributed by atoms with Crippen LogP contribution in [0.25, 0.3) is 0 Å². The normalized spacial score (nSPS) is 23.2. The fraction of sp³-hybridized carbons (Fsp3) is 0.368. The molecule has 1 aliphatic carbocycles. The molecule has 0 spiro atoms. The highest BCUT2D eigenvalue weighted by molar-refractivity contribution is 7.89. The molecule has 1 amide bonds. The number of pyridine rings is 1. The quantitative estimate of drug-likeness (QED) is 0.783. The van der Waals surface area contributed by atoms with Crippen LogP contribution in [0.4, 0.5) is 0 Å². The first-order valence-corrected chi connectivity index (χ1v) is 10.7. The molecule has 1 saturated heterocycles. The van der Waals surface area contributed by atoms with Crippen molar-refractivity contribution in [1.82, 2.24) is 14.2 Å². The maximum Gasteiger partial charge on any atom is 0.244 e. The molecule has 2 heterocycles. The molecule has 2 fully saturated rings. The highest BCUT2D eigenvalue weighted by Gasteiger charge is 2.46. The van der Waals surface area contributed by atoms with Gasteiger partial charge in [0.1, 0.15) is 4.90 Å². The van der Waals surface area contributed by atoms with Gasteiger partial charge in [-0.25, -0.2) is 8.42 Å². The van der Waals surface area contributed by atoms with Crippen LogP contribution in [-0.4, -0.2) is 54.7 Å². The van der Waals surface area contributed by atoms with E-state index in [1.165, 1.54) is 10.4 Å². The lowest BCUT2D eigenvalue weighted by Crippen LogP contribution is -2.51. The molecule has 1 saturated carbocycles. The van der Waals surface area contributed by atoms with Gasteiger partial charge in [-0.05, 0) is 36.1 Å². The zero-order valence-corrected chi connectivity index (χ0v) is 16.2. The predicted octanol–water partition coefficient (Wildman–Crippen LogP) is 2.37. The van der Waals surface area contributed by atoms with Gasteiger partial charge in [0, 0.05) is 44.5 Å². The monoisotopic (exact) mass is 405 g/mol. The van der Waals surface area contributed by atoms with E-state index in [0.29, 0.717) is 13.1 Å². The first-order chi connectivity index (χ1) is 13.0. The summed E-state index contributed by atoms with van der Waals surface area (Å²) in [6, 6.07) is 10.3. The van der Waals surface area contributed by atoms with Gasteiger partial charge in [0.2, 0.25) is 15.9 Å². The summed E-state index contributed by atoms with van der Waals surface area (Å²) < 4.78 is 27.0. The van der Waals surface area contributed by atoms with Crippen molar-refractivity contribution in [3.63, 3.8) is 0 Å². The average Bonchev–Trinajstić information content (AvgIpc) is 3.49. The fourth-order valence-electron chi connectivity index (χ4n) is 3.61. The van der Waals surface area contributed by atoms with Gasteiger partial charge in [-0.15, -0.1) is 0 Å². The van der Waals surface area contributed by atoms with Crippen molar-refractivity contribution < 1.29 is 13.2 Å². The number of aromatic nitrogens is 1. The van der Waals surface area contributed by atoms with Crippen LogP contribution in [0.1, 0.15) is 17.9 Å². The number of nitrogens with zero attached hydrogens (tertiary/aromatic N) is 3. The van der Waals surface area contributed by atoms with Crippen LogP contribution < -0.4 is 0 Å². The Balaban J connectivity index is 1.38. The number of hydrogen-bond acceptors (Lipinski definition) is 4. The lowest BCUT2D eigenvalue weighted by molar-refractivity contribution is -0.133. The lowest BCUT2D eigenvalue weighted by atomic mass is 10.1. The second-order valence-electron chi connectivity index (χ2n) is 6.89. The number of amides is 1. The van der Waals surface area contributed by atoms with E-state index in [1.54, 1.807) is 29.3 Å². The summed E-state index contributed by atoms with van der Waals surface area (Å²) in [6.45, 7) is 1.37. The van der Waals surface area contributed by atoms with Crippen LogP contribution in [-0.2, 0) is 14.8 Å². The van der Waals surface area contributed by atoms with Crippen molar-refractivity contribution in [3.8, 4) is 0 Å². The van der Waals surface area contributed by atoms with Gasteiger partial charge >= 0.3 is 0 Å². The molecule has 2 atom stereocenters. The smallest absolute Gasteiger partial charge is 0.244 e. The Kier molecular flexibility index (Phi) is 4.92. The molecule has 27 heavy (non-hydrogen) atoms. The van der Waals surface area contributed by atoms with Gasteiger partial charge in [-0.1, -0.05) is 29.8 Å². The summed E-state index contributed by atoms with van der Waals surface area (Å²) in [7, 11) is -3.65. The maximum absolute atomic E-state index is 12.8. The van der Waals surface area contributed by atoms with E-state index in [4.69, 9.17) is 11.6 Å². The summed E-state index contributed by atoms with van der Waals surface area (Å²) in [4.78, 5) is 18.8. The summed E-state index contributed by atoms with van der Waals surface area (Å²) >= 11 is 6.06. The van der Waals surface area contributed by atoms with Crippen molar-refractivity contribution in [2.24, 2.45) is 5.92 Å². The molecule has 8 heteroatoms. The van der Waals surface area contributed by atoms with Crippen molar-refractivity contribution in [2.75, 3.05) is 26.2 Å². The van der Waals surface area contributed by atoms with Gasteiger partial charge in [-0.2, -0.15) is 4.31 Å². The van der Waals surface area contributed by atoms with Gasteiger partial charge in [-0.3, -0.25) is 9.78 Å². The number of carbonyl (C=O) groups excluding carboxylic acids is 1. The first-order valence-electron chi connectivity index (χ1n) is 8.92. The molecule has 1 aliphatic heterocycles. The summed E-state index contributed by atoms with van der Waals surface area (Å²) in [5.74, 6) is 0.329. The zero-order valence-electron chi connectivity index (χ0n) is 14.7. The van der Waals surface area contributed by atoms with E-state index in [9.17, 15) is 13.2 Å². The number of sulfonamides is 1. The van der Waals surface area contributed by atoms with E-state index >= 15 is 0 Å². The van der Waals surface area contributed by atoms with Gasteiger partial charge in [0.05, 0.1) is 5.02 Å². The van der Waals surface area contributed by atoms with Gasteiger partial charge in [0.15, 0.2) is 0 Å². The second-order valence-corrected chi connectivity index (χ2v) is 9.21. The molecule has 1 aromatic carbocycles. The molecule has 0 N–H and O–H groups in total. The molecule has 2 aliphatic rings. The molecule has 4 rings (SSSR count). The van der Waals surface area contributed by atoms with Crippen molar-refractivity contribution in [3.05, 3.63) is 59.4 Å². The number of carbonyl (C=O) groups is 1. The topological polar surface area (TPSA) is 70.6 Å². The summed E-state index contributed by atoms with van der Waals surface area (Å²) in [5, 5.41) is 0.216. The molecule has 0 unspecified atom stereocenters. The molecule has 0 bridgehead atoms. The van der Waals surface area contributed by atoms with Crippen LogP contribution in [0.15, 0.2) is 53.7 Å². The van der Waals surface area contributed by atoms with E-state index in [-0.39, 0.29) is 40.8 Å². The standard InChI is InChI=1S/C19H20ClN3O3S/c20-17-5-1-2-6-18(17)27(25,26)23-10-8-22(9-11-23)19(24)16-12-15(16)14-4-3-7-21-13-14/h1-7,13,15-16H,8-12H2/t15-,16+/m0/s1. The second kappa shape index (κ2) is 7.22. The Bertz CT molecular complexity index is 944. The first kappa shape index (κ1) is 18.4. The Hall–Kier alpha value is -1.96. The Labute approximate surface area is 163 Å². The fourth-order valence-corrected chi connectivity index (χ4v) is 5.52. The Morgan fingerprint density at radius 3 is 2.48 bits per heavy atom. The largest absolute Gasteiger partial charge is 0.340 e. The zero-order chi connectivity index (χ0) is 19.0. The number of hydrogen-bond donors (Lipinski definition) is 0. The average molecular weight is 406 g/mol. The van der Waals surface area contributed by atoms with E-state index in [2.05, 4.69) is 4.98 Å². The van der Waals surface area contributed by atoms with Crippen molar-refractivity contribution in [2.45, 2.75) is 17.2 Å². The molecular weight excluding hydrogens is 386 g/mol. The minimum atomic E-state index is -3.65. The third kappa shape index (κ3) is 3.59. The molecule has 6 nitrogen and oxygen atoms in total. The van der Waals surface area contributed by atoms with E-state index in [0.717, 1.165) is 12.0 Å². The number of benzene rings is 1. The highest BCUT2D eigenvalue weighted by Crippen LogP contribution is 2.48. The molecular formula is C19H20ClN3O3S. The molecule has 1 aromatic heterocycles. The summed E-state index contributed by atoms with van der Waals surface area (Å²) in [6.07, 6.45) is 4.37. The summed E-state index contributed by atoms with van der Waals surface area (Å²) in [5.41, 5.74) is 1.09.